The van der Waals surface area contributed by atoms with Crippen molar-refractivity contribution in [2.24, 2.45) is 0 Å². The molecule has 0 bridgehead atoms. The van der Waals surface area contributed by atoms with Gasteiger partial charge in [0, 0.05) is 17.8 Å². The fourth-order valence-electron chi connectivity index (χ4n) is 3.32. The van der Waals surface area contributed by atoms with Crippen LogP contribution in [0.1, 0.15) is 22.8 Å². The van der Waals surface area contributed by atoms with Gasteiger partial charge in [0.1, 0.15) is 36.3 Å². The monoisotopic (exact) mass is 541 g/mol. The maximum absolute atomic E-state index is 12.6. The molecule has 0 N–H and O–H groups in total. The Balaban J connectivity index is 1.13. The number of aromatic nitrogens is 5. The predicted molar refractivity (Wildman–Crippen MR) is 130 cm³/mol. The number of benzene rings is 2. The van der Waals surface area contributed by atoms with Crippen LogP contribution in [0.2, 0.25) is 0 Å². The van der Waals surface area contributed by atoms with Crippen molar-refractivity contribution in [3.05, 3.63) is 96.3 Å². The van der Waals surface area contributed by atoms with Gasteiger partial charge < -0.3 is 18.1 Å². The molecule has 1 atom stereocenters. The lowest BCUT2D eigenvalue weighted by atomic mass is 10.2. The van der Waals surface area contributed by atoms with Crippen LogP contribution in [0.15, 0.2) is 87.2 Å². The Kier molecular flexibility index (Phi) is 7.29. The Morgan fingerprint density at radius 1 is 0.947 bits per heavy atom. The van der Waals surface area contributed by atoms with Crippen molar-refractivity contribution < 1.29 is 31.3 Å². The number of rotatable bonds is 9. The topological polar surface area (TPSA) is 115 Å². The molecular formula is C25H18F3N5O4S. The molecule has 0 aliphatic carbocycles. The molecule has 0 saturated heterocycles. The summed E-state index contributed by atoms with van der Waals surface area (Å²) in [5.41, 5.74) is -2.14. The molecule has 0 amide bonds. The van der Waals surface area contributed by atoms with Crippen LogP contribution in [0.5, 0.6) is 5.75 Å². The predicted octanol–water partition coefficient (Wildman–Crippen LogP) is 5.35. The maximum Gasteiger partial charge on any atom is 0.578 e. The Morgan fingerprint density at radius 2 is 1.71 bits per heavy atom. The van der Waals surface area contributed by atoms with Crippen molar-refractivity contribution in [1.82, 2.24) is 25.0 Å². The number of ether oxygens (including phenoxy) is 1. The molecule has 1 unspecified atom stereocenters. The molecule has 0 aliphatic heterocycles. The van der Waals surface area contributed by atoms with E-state index >= 15 is 0 Å². The van der Waals surface area contributed by atoms with E-state index in [9.17, 15) is 17.7 Å². The van der Waals surface area contributed by atoms with Gasteiger partial charge in [0.2, 0.25) is 11.8 Å². The fourth-order valence-corrected chi connectivity index (χ4v) is 3.97. The third-order valence-corrected chi connectivity index (χ3v) is 6.25. The number of hydrogen-bond donors (Lipinski definition) is 0. The van der Waals surface area contributed by atoms with E-state index in [1.54, 1.807) is 47.6 Å². The second kappa shape index (κ2) is 10.9. The first-order valence-corrected chi connectivity index (χ1v) is 12.2. The van der Waals surface area contributed by atoms with Gasteiger partial charge in [-0.05, 0) is 60.2 Å². The van der Waals surface area contributed by atoms with Crippen molar-refractivity contribution >= 4 is 23.3 Å². The molecule has 0 fully saturated rings. The Hall–Kier alpha value is -4.36. The summed E-state index contributed by atoms with van der Waals surface area (Å²) in [6.07, 6.45) is 9.55. The minimum absolute atomic E-state index is 0.162. The molecular weight excluding hydrogens is 523 g/mol. The molecule has 9 nitrogen and oxygen atoms in total. The van der Waals surface area contributed by atoms with Crippen LogP contribution in [-0.2, 0) is 24.3 Å². The van der Waals surface area contributed by atoms with Crippen LogP contribution in [0.3, 0.4) is 0 Å². The highest BCUT2D eigenvalue weighted by Crippen LogP contribution is 2.30. The Bertz CT molecular complexity index is 1500. The van der Waals surface area contributed by atoms with Gasteiger partial charge >= 0.3 is 5.51 Å². The van der Waals surface area contributed by atoms with Gasteiger partial charge in [0.25, 0.3) is 0 Å². The summed E-state index contributed by atoms with van der Waals surface area (Å²) in [6, 6.07) is 12.4. The Labute approximate surface area is 216 Å². The third kappa shape index (κ3) is 6.30. The summed E-state index contributed by atoms with van der Waals surface area (Å²) in [5.74, 6) is 1.38. The van der Waals surface area contributed by atoms with Gasteiger partial charge in [-0.15, -0.1) is 18.3 Å². The fraction of sp³-hybridized carbons (Fsp3) is 0.120. The van der Waals surface area contributed by atoms with Gasteiger partial charge in [-0.25, -0.2) is 14.6 Å². The molecule has 13 heteroatoms. The van der Waals surface area contributed by atoms with Gasteiger partial charge in [-0.1, -0.05) is 5.21 Å². The minimum atomic E-state index is -4.80. The molecule has 38 heavy (non-hydrogen) atoms. The molecule has 2 aromatic carbocycles. The molecule has 3 aromatic heterocycles. The van der Waals surface area contributed by atoms with Crippen LogP contribution in [0.4, 0.5) is 13.2 Å². The largest absolute Gasteiger partial charge is 0.604 e. The van der Waals surface area contributed by atoms with Crippen LogP contribution in [0, 0.1) is 0 Å². The molecule has 0 radical (unpaired) electrons. The zero-order valence-electron chi connectivity index (χ0n) is 19.4. The van der Waals surface area contributed by atoms with Crippen LogP contribution >= 0.6 is 0 Å². The van der Waals surface area contributed by atoms with E-state index in [0.29, 0.717) is 35.3 Å². The van der Waals surface area contributed by atoms with Crippen molar-refractivity contribution in [2.75, 3.05) is 0 Å². The van der Waals surface area contributed by atoms with E-state index in [0.717, 1.165) is 11.3 Å². The lowest BCUT2D eigenvalue weighted by molar-refractivity contribution is -0.0435. The summed E-state index contributed by atoms with van der Waals surface area (Å²) >= 11 is -3.06. The zero-order valence-corrected chi connectivity index (χ0v) is 20.2. The van der Waals surface area contributed by atoms with E-state index < -0.39 is 16.7 Å². The average molecular weight is 542 g/mol. The van der Waals surface area contributed by atoms with Crippen molar-refractivity contribution in [2.45, 2.75) is 23.6 Å². The first-order valence-electron chi connectivity index (χ1n) is 11.1. The highest BCUT2D eigenvalue weighted by atomic mass is 32.2. The van der Waals surface area contributed by atoms with E-state index in [1.807, 2.05) is 12.1 Å². The third-order valence-electron chi connectivity index (χ3n) is 5.13. The quantitative estimate of drug-likeness (QED) is 0.230. The Morgan fingerprint density at radius 3 is 2.42 bits per heavy atom. The number of nitrogens with zero attached hydrogens (tertiary/aromatic N) is 5. The summed E-state index contributed by atoms with van der Waals surface area (Å²) < 4.78 is 67.4. The van der Waals surface area contributed by atoms with Crippen molar-refractivity contribution in [3.8, 4) is 17.2 Å². The van der Waals surface area contributed by atoms with Crippen LogP contribution in [0.25, 0.3) is 23.6 Å². The minimum Gasteiger partial charge on any atom is -0.604 e. The number of halogens is 3. The maximum atomic E-state index is 12.6. The lowest BCUT2D eigenvalue weighted by Gasteiger charge is -2.11. The summed E-state index contributed by atoms with van der Waals surface area (Å²) in [6.45, 7) is 0.617. The highest BCUT2D eigenvalue weighted by molar-refractivity contribution is 7.92. The van der Waals surface area contributed by atoms with Gasteiger partial charge in [0.05, 0.1) is 23.9 Å². The smallest absolute Gasteiger partial charge is 0.578 e. The lowest BCUT2D eigenvalue weighted by Crippen LogP contribution is -2.23. The molecule has 0 aliphatic rings. The standard InChI is InChI=1S/C25H18F3N5O4S/c26-25(27,28)38(34)22-8-1-17(2-9-22)3-10-23-30-20(16-36-23)15-35-21-6-4-18(5-7-21)24-31-19(14-37-24)13-33-12-11-29-32-33/h1-12,14,16H,13,15H2. The number of alkyl halides is 3. The highest BCUT2D eigenvalue weighted by Gasteiger charge is 2.45. The van der Waals surface area contributed by atoms with Crippen molar-refractivity contribution in [3.63, 3.8) is 0 Å². The summed E-state index contributed by atoms with van der Waals surface area (Å²) in [5, 5.41) is 7.66. The first-order chi connectivity index (χ1) is 18.3. The van der Waals surface area contributed by atoms with Crippen LogP contribution < -0.4 is 4.74 Å². The second-order valence-electron chi connectivity index (χ2n) is 7.85. The molecule has 5 aromatic rings. The van der Waals surface area contributed by atoms with Crippen LogP contribution in [-0.4, -0.2) is 35.0 Å². The summed E-state index contributed by atoms with van der Waals surface area (Å²) in [4.78, 5) is 8.45. The first kappa shape index (κ1) is 25.3. The van der Waals surface area contributed by atoms with Gasteiger partial charge in [-0.3, -0.25) is 0 Å². The molecule has 0 saturated carbocycles. The number of oxazole rings is 2. The number of hydrogen-bond acceptors (Lipinski definition) is 8. The van der Waals surface area contributed by atoms with E-state index in [-0.39, 0.29) is 11.5 Å². The van der Waals surface area contributed by atoms with Gasteiger partial charge in [-0.2, -0.15) is 0 Å². The molecule has 194 valence electrons. The second-order valence-corrected chi connectivity index (χ2v) is 9.32. The molecule has 5 rings (SSSR count). The SMILES string of the molecule is [O-][S+](c1ccc(C=Cc2nc(COc3ccc(-c4nc(Cn5ccnn5)co4)cc3)co2)cc1)C(F)(F)F. The van der Waals surface area contributed by atoms with E-state index in [2.05, 4.69) is 20.3 Å². The average Bonchev–Trinajstić information content (AvgIpc) is 3.69. The van der Waals surface area contributed by atoms with E-state index in [1.165, 1.54) is 30.5 Å². The van der Waals surface area contributed by atoms with Gasteiger partial charge in [0.15, 0.2) is 4.90 Å². The summed E-state index contributed by atoms with van der Waals surface area (Å²) in [7, 11) is 0. The van der Waals surface area contributed by atoms with Crippen molar-refractivity contribution in [1.29, 1.82) is 0 Å². The zero-order chi connectivity index (χ0) is 26.5. The van der Waals surface area contributed by atoms with E-state index in [4.69, 9.17) is 13.6 Å². The molecule has 0 spiro atoms. The normalized spacial score (nSPS) is 12.7. The molecule has 3 heterocycles.